The number of hydrogen-bond acceptors (Lipinski definition) is 9. The summed E-state index contributed by atoms with van der Waals surface area (Å²) >= 11 is 6.92. The van der Waals surface area contributed by atoms with Crippen LogP contribution in [0.1, 0.15) is 64.7 Å². The van der Waals surface area contributed by atoms with Crippen LogP contribution in [0, 0.1) is 23.2 Å². The van der Waals surface area contributed by atoms with E-state index < -0.39 is 0 Å². The van der Waals surface area contributed by atoms with Crippen LogP contribution in [-0.4, -0.2) is 119 Å². The van der Waals surface area contributed by atoms with Crippen LogP contribution in [0.2, 0.25) is 0 Å². The third-order valence-electron chi connectivity index (χ3n) is 9.81. The highest BCUT2D eigenvalue weighted by Crippen LogP contribution is 2.36. The zero-order valence-corrected chi connectivity index (χ0v) is 26.9. The van der Waals surface area contributed by atoms with Crippen molar-refractivity contribution < 1.29 is 19.0 Å². The van der Waals surface area contributed by atoms with Crippen LogP contribution in [0.25, 0.3) is 0 Å². The van der Waals surface area contributed by atoms with Gasteiger partial charge in [-0.3, -0.25) is 4.79 Å². The summed E-state index contributed by atoms with van der Waals surface area (Å²) in [6.45, 7) is 5.79. The molecule has 2 saturated carbocycles. The maximum absolute atomic E-state index is 12.9. The summed E-state index contributed by atoms with van der Waals surface area (Å²) in [4.78, 5) is 15.0. The van der Waals surface area contributed by atoms with Gasteiger partial charge in [-0.05, 0) is 91.4 Å². The monoisotopic (exact) mass is 610 g/mol. The molecule has 0 spiro atoms. The zero-order chi connectivity index (χ0) is 30.1. The lowest BCUT2D eigenvalue weighted by atomic mass is 9.69. The van der Waals surface area contributed by atoms with Crippen LogP contribution >= 0.6 is 11.6 Å². The Morgan fingerprint density at radius 2 is 1.93 bits per heavy atom. The number of carbonyl (C=O) groups is 1. The van der Waals surface area contributed by atoms with Crippen LogP contribution in [-0.2, 0) is 19.0 Å². The van der Waals surface area contributed by atoms with E-state index in [1.54, 1.807) is 7.11 Å². The number of hydrogen-bond donors (Lipinski definition) is 4. The molecule has 1 amide bonds. The Labute approximate surface area is 258 Å². The molecule has 11 heteroatoms. The highest BCUT2D eigenvalue weighted by atomic mass is 35.5. The highest BCUT2D eigenvalue weighted by molar-refractivity contribution is 6.21. The minimum Gasteiger partial charge on any atom is -0.381 e. The molecular formula is C31H55ClN6O4. The zero-order valence-electron chi connectivity index (χ0n) is 26.2. The maximum Gasteiger partial charge on any atom is 0.220 e. The van der Waals surface area contributed by atoms with Gasteiger partial charge in [-0.1, -0.05) is 0 Å². The van der Waals surface area contributed by atoms with Gasteiger partial charge in [0.05, 0.1) is 48.3 Å². The maximum atomic E-state index is 12.9. The van der Waals surface area contributed by atoms with E-state index in [9.17, 15) is 10.1 Å². The van der Waals surface area contributed by atoms with E-state index in [1.165, 1.54) is 0 Å². The van der Waals surface area contributed by atoms with Crippen LogP contribution in [0.5, 0.6) is 0 Å². The second-order valence-electron chi connectivity index (χ2n) is 13.1. The minimum atomic E-state index is -0.139. The average Bonchev–Trinajstić information content (AvgIpc) is 2.97. The molecule has 2 heterocycles. The number of carbonyl (C=O) groups excluding carboxylic acids is 1. The van der Waals surface area contributed by atoms with Gasteiger partial charge in [0.1, 0.15) is 0 Å². The lowest BCUT2D eigenvalue weighted by Gasteiger charge is -2.50. The molecule has 11 unspecified atom stereocenters. The topological polar surface area (TPSA) is 120 Å². The normalized spacial score (nSPS) is 38.9. The molecule has 11 atom stereocenters. The van der Waals surface area contributed by atoms with Crippen LogP contribution in [0.3, 0.4) is 0 Å². The van der Waals surface area contributed by atoms with Gasteiger partial charge in [-0.25, -0.2) is 0 Å². The number of nitrogens with one attached hydrogen (secondary N) is 4. The Bertz CT molecular complexity index is 877. The van der Waals surface area contributed by atoms with Crippen molar-refractivity contribution >= 4 is 17.5 Å². The van der Waals surface area contributed by atoms with Gasteiger partial charge in [0.25, 0.3) is 0 Å². The summed E-state index contributed by atoms with van der Waals surface area (Å²) in [5, 5.41) is 24.4. The molecule has 4 rings (SSSR count). The highest BCUT2D eigenvalue weighted by Gasteiger charge is 2.47. The predicted octanol–water partition coefficient (Wildman–Crippen LogP) is 2.01. The summed E-state index contributed by atoms with van der Waals surface area (Å²) in [6, 6.07) is 3.34. The van der Waals surface area contributed by atoms with E-state index in [0.717, 1.165) is 64.5 Å². The molecule has 0 aromatic rings. The van der Waals surface area contributed by atoms with E-state index in [-0.39, 0.29) is 59.5 Å². The van der Waals surface area contributed by atoms with Gasteiger partial charge in [-0.2, -0.15) is 5.26 Å². The van der Waals surface area contributed by atoms with Crippen molar-refractivity contribution in [3.8, 4) is 6.07 Å². The number of fused-ring (bicyclic) bond motifs is 1. The van der Waals surface area contributed by atoms with Crippen molar-refractivity contribution in [2.75, 3.05) is 54.1 Å². The number of nitriles is 1. The van der Waals surface area contributed by atoms with E-state index in [0.29, 0.717) is 38.3 Å². The first-order chi connectivity index (χ1) is 20.3. The lowest BCUT2D eigenvalue weighted by molar-refractivity contribution is -0.124. The van der Waals surface area contributed by atoms with Gasteiger partial charge in [0, 0.05) is 50.8 Å². The van der Waals surface area contributed by atoms with Crippen LogP contribution in [0.4, 0.5) is 0 Å². The second kappa shape index (κ2) is 16.9. The SMILES string of the molecule is CCOC1CC2NCC(C#N)C(NC3CCC(OCC4CC(OC)CCN4)C(Cl)C3)C2CC1NC(=O)CCCN(C)C. The van der Waals surface area contributed by atoms with Gasteiger partial charge < -0.3 is 40.4 Å². The fourth-order valence-corrected chi connectivity index (χ4v) is 7.95. The number of rotatable bonds is 13. The first kappa shape index (κ1) is 33.9. The number of piperidine rings is 2. The largest absolute Gasteiger partial charge is 0.381 e. The molecular weight excluding hydrogens is 556 g/mol. The minimum absolute atomic E-state index is 0.0292. The fourth-order valence-electron chi connectivity index (χ4n) is 7.53. The molecule has 4 aliphatic rings. The number of amides is 1. The van der Waals surface area contributed by atoms with Crippen molar-refractivity contribution in [2.45, 2.75) is 119 Å². The van der Waals surface area contributed by atoms with Gasteiger partial charge in [0.15, 0.2) is 0 Å². The molecule has 4 fully saturated rings. The standard InChI is InChI=1S/C31H55ClN6O4/c1-5-41-29-16-26-24(15-27(29)37-30(39)7-6-12-38(2)3)31(20(17-33)18-35-26)36-21-8-9-28(25(32)14-21)42-19-22-13-23(40-4)10-11-34-22/h20-29,31,34-36H,5-16,18-19H2,1-4H3,(H,37,39). The van der Waals surface area contributed by atoms with Crippen molar-refractivity contribution in [3.05, 3.63) is 0 Å². The van der Waals surface area contributed by atoms with Gasteiger partial charge >= 0.3 is 0 Å². The van der Waals surface area contributed by atoms with Crippen LogP contribution < -0.4 is 21.3 Å². The Balaban J connectivity index is 1.33. The Morgan fingerprint density at radius 1 is 1.10 bits per heavy atom. The summed E-state index contributed by atoms with van der Waals surface area (Å²) < 4.78 is 18.0. The predicted molar refractivity (Wildman–Crippen MR) is 165 cm³/mol. The molecule has 2 aliphatic heterocycles. The van der Waals surface area contributed by atoms with Gasteiger partial charge in [0.2, 0.25) is 5.91 Å². The smallest absolute Gasteiger partial charge is 0.220 e. The Kier molecular flexibility index (Phi) is 13.6. The average molecular weight is 611 g/mol. The van der Waals surface area contributed by atoms with E-state index in [2.05, 4.69) is 32.2 Å². The number of ether oxygens (including phenoxy) is 3. The summed E-state index contributed by atoms with van der Waals surface area (Å²) in [5.41, 5.74) is 0. The summed E-state index contributed by atoms with van der Waals surface area (Å²) in [7, 11) is 5.83. The Morgan fingerprint density at radius 3 is 2.64 bits per heavy atom. The van der Waals surface area contributed by atoms with Crippen molar-refractivity contribution in [3.63, 3.8) is 0 Å². The van der Waals surface area contributed by atoms with E-state index in [1.807, 2.05) is 21.0 Å². The molecule has 0 bridgehead atoms. The third-order valence-corrected chi connectivity index (χ3v) is 10.3. The van der Waals surface area contributed by atoms with E-state index >= 15 is 0 Å². The van der Waals surface area contributed by atoms with Crippen molar-refractivity contribution in [1.29, 1.82) is 5.26 Å². The molecule has 240 valence electrons. The van der Waals surface area contributed by atoms with E-state index in [4.69, 9.17) is 25.8 Å². The molecule has 0 radical (unpaired) electrons. The molecule has 42 heavy (non-hydrogen) atoms. The third kappa shape index (κ3) is 9.48. The van der Waals surface area contributed by atoms with Crippen molar-refractivity contribution in [2.24, 2.45) is 11.8 Å². The quantitative estimate of drug-likeness (QED) is 0.232. The molecule has 0 aromatic heterocycles. The first-order valence-electron chi connectivity index (χ1n) is 16.3. The van der Waals surface area contributed by atoms with Crippen molar-refractivity contribution in [1.82, 2.24) is 26.2 Å². The number of nitrogens with zero attached hydrogens (tertiary/aromatic N) is 2. The molecule has 0 aromatic carbocycles. The summed E-state index contributed by atoms with van der Waals surface area (Å²) in [6.07, 6.45) is 7.97. The number of methoxy groups -OCH3 is 1. The summed E-state index contributed by atoms with van der Waals surface area (Å²) in [5.74, 6) is 0.167. The number of halogens is 1. The lowest BCUT2D eigenvalue weighted by Crippen LogP contribution is -2.66. The van der Waals surface area contributed by atoms with Gasteiger partial charge in [-0.15, -0.1) is 11.6 Å². The van der Waals surface area contributed by atoms with Crippen LogP contribution in [0.15, 0.2) is 0 Å². The first-order valence-corrected chi connectivity index (χ1v) is 16.7. The molecule has 4 N–H and O–H groups in total. The second-order valence-corrected chi connectivity index (χ2v) is 13.6. The molecule has 10 nitrogen and oxygen atoms in total. The molecule has 2 saturated heterocycles. The Hall–Kier alpha value is -1.03. The molecule has 2 aliphatic carbocycles. The number of alkyl halides is 1. The fraction of sp³-hybridized carbons (Fsp3) is 0.935.